The maximum absolute atomic E-state index is 5.94. The number of nitrogens with one attached hydrogen (secondary N) is 1. The summed E-state index contributed by atoms with van der Waals surface area (Å²) in [7, 11) is 0. The van der Waals surface area contributed by atoms with Crippen LogP contribution in [0.15, 0.2) is 42.5 Å². The minimum absolute atomic E-state index is 0.575. The SMILES string of the molecule is Clc1ccc(C2CC(Nc3ccc4c(c3)CCO4)C2)cc1. The Morgan fingerprint density at radius 2 is 1.86 bits per heavy atom. The molecule has 1 aliphatic carbocycles. The van der Waals surface area contributed by atoms with Crippen molar-refractivity contribution >= 4 is 17.3 Å². The molecule has 0 bridgehead atoms. The molecule has 1 N–H and O–H groups in total. The van der Waals surface area contributed by atoms with Crippen LogP contribution in [0.1, 0.15) is 29.9 Å². The molecule has 1 heterocycles. The second-order valence-electron chi connectivity index (χ2n) is 5.98. The van der Waals surface area contributed by atoms with Crippen LogP contribution < -0.4 is 10.1 Å². The lowest BCUT2D eigenvalue weighted by atomic mass is 9.76. The topological polar surface area (TPSA) is 21.3 Å². The number of benzene rings is 2. The van der Waals surface area contributed by atoms with Crippen LogP contribution in [0.3, 0.4) is 0 Å². The minimum Gasteiger partial charge on any atom is -0.493 e. The molecule has 3 heteroatoms. The van der Waals surface area contributed by atoms with E-state index in [0.29, 0.717) is 12.0 Å². The molecule has 1 saturated carbocycles. The third-order valence-electron chi connectivity index (χ3n) is 4.54. The fourth-order valence-corrected chi connectivity index (χ4v) is 3.38. The zero-order valence-corrected chi connectivity index (χ0v) is 12.6. The van der Waals surface area contributed by atoms with Gasteiger partial charge in [-0.05, 0) is 60.2 Å². The predicted octanol–water partition coefficient (Wildman–Crippen LogP) is 4.63. The maximum Gasteiger partial charge on any atom is 0.122 e. The minimum atomic E-state index is 0.575. The summed E-state index contributed by atoms with van der Waals surface area (Å²) >= 11 is 5.94. The molecule has 108 valence electrons. The van der Waals surface area contributed by atoms with E-state index in [4.69, 9.17) is 16.3 Å². The van der Waals surface area contributed by atoms with Gasteiger partial charge in [-0.3, -0.25) is 0 Å². The highest BCUT2D eigenvalue weighted by Gasteiger charge is 2.30. The van der Waals surface area contributed by atoms with Crippen molar-refractivity contribution in [1.29, 1.82) is 0 Å². The first-order valence-corrected chi connectivity index (χ1v) is 7.93. The van der Waals surface area contributed by atoms with Gasteiger partial charge >= 0.3 is 0 Å². The molecule has 2 aliphatic rings. The standard InChI is InChI=1S/C18H18ClNO/c19-15-3-1-12(2-4-15)14-10-17(11-14)20-16-5-6-18-13(9-16)7-8-21-18/h1-6,9,14,17,20H,7-8,10-11H2. The van der Waals surface area contributed by atoms with Crippen molar-refractivity contribution in [3.63, 3.8) is 0 Å². The van der Waals surface area contributed by atoms with Gasteiger partial charge in [0, 0.05) is 23.2 Å². The van der Waals surface area contributed by atoms with E-state index < -0.39 is 0 Å². The number of halogens is 1. The summed E-state index contributed by atoms with van der Waals surface area (Å²) in [5.41, 5.74) is 3.95. The van der Waals surface area contributed by atoms with Crippen molar-refractivity contribution < 1.29 is 4.74 Å². The van der Waals surface area contributed by atoms with E-state index >= 15 is 0 Å². The van der Waals surface area contributed by atoms with Crippen molar-refractivity contribution in [1.82, 2.24) is 0 Å². The molecule has 2 aromatic carbocycles. The normalized spacial score (nSPS) is 23.1. The van der Waals surface area contributed by atoms with Crippen LogP contribution in [0.4, 0.5) is 5.69 Å². The van der Waals surface area contributed by atoms with Gasteiger partial charge in [-0.15, -0.1) is 0 Å². The molecule has 2 aromatic rings. The third kappa shape index (κ3) is 2.60. The van der Waals surface area contributed by atoms with Crippen LogP contribution in [0.5, 0.6) is 5.75 Å². The summed E-state index contributed by atoms with van der Waals surface area (Å²) in [4.78, 5) is 0. The van der Waals surface area contributed by atoms with Gasteiger partial charge in [0.25, 0.3) is 0 Å². The highest BCUT2D eigenvalue weighted by atomic mass is 35.5. The molecule has 1 fully saturated rings. The summed E-state index contributed by atoms with van der Waals surface area (Å²) in [6.07, 6.45) is 3.41. The van der Waals surface area contributed by atoms with Gasteiger partial charge in [0.1, 0.15) is 5.75 Å². The van der Waals surface area contributed by atoms with Gasteiger partial charge in [-0.1, -0.05) is 23.7 Å². The second kappa shape index (κ2) is 5.27. The molecule has 1 aliphatic heterocycles. The van der Waals surface area contributed by atoms with E-state index in [2.05, 4.69) is 35.6 Å². The number of rotatable bonds is 3. The van der Waals surface area contributed by atoms with Crippen LogP contribution in [0, 0.1) is 0 Å². The Hall–Kier alpha value is -1.67. The fourth-order valence-electron chi connectivity index (χ4n) is 3.25. The Balaban J connectivity index is 1.37. The number of ether oxygens (including phenoxy) is 1. The molecule has 0 atom stereocenters. The van der Waals surface area contributed by atoms with E-state index in [0.717, 1.165) is 23.8 Å². The Labute approximate surface area is 130 Å². The molecular formula is C18H18ClNO. The second-order valence-corrected chi connectivity index (χ2v) is 6.42. The quantitative estimate of drug-likeness (QED) is 0.892. The molecule has 2 nitrogen and oxygen atoms in total. The molecule has 0 amide bonds. The highest BCUT2D eigenvalue weighted by molar-refractivity contribution is 6.30. The monoisotopic (exact) mass is 299 g/mol. The molecular weight excluding hydrogens is 282 g/mol. The van der Waals surface area contributed by atoms with Crippen LogP contribution in [-0.2, 0) is 6.42 Å². The van der Waals surface area contributed by atoms with Crippen molar-refractivity contribution in [3.8, 4) is 5.75 Å². The first kappa shape index (κ1) is 13.0. The Kier molecular flexibility index (Phi) is 3.27. The summed E-state index contributed by atoms with van der Waals surface area (Å²) in [6, 6.07) is 15.3. The average molecular weight is 300 g/mol. The Bertz CT molecular complexity index is 647. The number of anilines is 1. The van der Waals surface area contributed by atoms with Crippen molar-refractivity contribution in [2.24, 2.45) is 0 Å². The number of fused-ring (bicyclic) bond motifs is 1. The van der Waals surface area contributed by atoms with Crippen LogP contribution >= 0.6 is 11.6 Å². The van der Waals surface area contributed by atoms with Gasteiger partial charge < -0.3 is 10.1 Å². The Morgan fingerprint density at radius 3 is 2.67 bits per heavy atom. The van der Waals surface area contributed by atoms with Gasteiger partial charge in [-0.2, -0.15) is 0 Å². The third-order valence-corrected chi connectivity index (χ3v) is 4.79. The maximum atomic E-state index is 5.94. The number of hydrogen-bond acceptors (Lipinski definition) is 2. The molecule has 4 rings (SSSR count). The zero-order valence-electron chi connectivity index (χ0n) is 11.8. The molecule has 0 spiro atoms. The number of hydrogen-bond donors (Lipinski definition) is 1. The molecule has 0 unspecified atom stereocenters. The zero-order chi connectivity index (χ0) is 14.2. The highest BCUT2D eigenvalue weighted by Crippen LogP contribution is 2.39. The smallest absolute Gasteiger partial charge is 0.122 e. The molecule has 0 saturated heterocycles. The molecule has 0 radical (unpaired) electrons. The molecule has 21 heavy (non-hydrogen) atoms. The van der Waals surface area contributed by atoms with Crippen molar-refractivity contribution in [3.05, 3.63) is 58.6 Å². The summed E-state index contributed by atoms with van der Waals surface area (Å²) in [5, 5.41) is 4.45. The van der Waals surface area contributed by atoms with Gasteiger partial charge in [0.2, 0.25) is 0 Å². The van der Waals surface area contributed by atoms with Crippen LogP contribution in [0.25, 0.3) is 0 Å². The summed E-state index contributed by atoms with van der Waals surface area (Å²) < 4.78 is 5.54. The van der Waals surface area contributed by atoms with E-state index in [1.807, 2.05) is 12.1 Å². The van der Waals surface area contributed by atoms with Gasteiger partial charge in [0.15, 0.2) is 0 Å². The van der Waals surface area contributed by atoms with Crippen LogP contribution in [-0.4, -0.2) is 12.6 Å². The average Bonchev–Trinajstić information content (AvgIpc) is 2.91. The van der Waals surface area contributed by atoms with Crippen LogP contribution in [0.2, 0.25) is 5.02 Å². The fraction of sp³-hybridized carbons (Fsp3) is 0.333. The van der Waals surface area contributed by atoms with E-state index in [1.54, 1.807) is 0 Å². The van der Waals surface area contributed by atoms with E-state index in [1.165, 1.54) is 29.7 Å². The largest absolute Gasteiger partial charge is 0.493 e. The summed E-state index contributed by atoms with van der Waals surface area (Å²) in [6.45, 7) is 0.820. The van der Waals surface area contributed by atoms with Crippen molar-refractivity contribution in [2.75, 3.05) is 11.9 Å². The first-order chi connectivity index (χ1) is 10.3. The lowest BCUT2D eigenvalue weighted by molar-refractivity contribution is 0.356. The first-order valence-electron chi connectivity index (χ1n) is 7.56. The molecule has 0 aromatic heterocycles. The van der Waals surface area contributed by atoms with Gasteiger partial charge in [0.05, 0.1) is 6.61 Å². The van der Waals surface area contributed by atoms with Crippen molar-refractivity contribution in [2.45, 2.75) is 31.2 Å². The predicted molar refractivity (Wildman–Crippen MR) is 86.5 cm³/mol. The lowest BCUT2D eigenvalue weighted by Gasteiger charge is -2.37. The summed E-state index contributed by atoms with van der Waals surface area (Å²) in [5.74, 6) is 1.71. The lowest BCUT2D eigenvalue weighted by Crippen LogP contribution is -2.33. The Morgan fingerprint density at radius 1 is 1.05 bits per heavy atom. The van der Waals surface area contributed by atoms with E-state index in [9.17, 15) is 0 Å². The van der Waals surface area contributed by atoms with Gasteiger partial charge in [-0.25, -0.2) is 0 Å². The van der Waals surface area contributed by atoms with E-state index in [-0.39, 0.29) is 0 Å².